The lowest BCUT2D eigenvalue weighted by Crippen LogP contribution is -2.15. The number of hydrogen-bond acceptors (Lipinski definition) is 4. The zero-order valence-electron chi connectivity index (χ0n) is 22.7. The Bertz CT molecular complexity index is 1680. The number of hydrogen-bond donors (Lipinski definition) is 2. The standard InChI is InChI=1S/C31H31BrN4O2S/c1-18-6-8-22(9-7-18)15-36-26-13-25(32)28(37)12-24(26)29(31(38)34-23-14-33-35(5)16-23)27(36)17-39-30-20(3)10-19(2)11-21(30)4/h6-14,16,37H,15,17H2,1-5H3,(H,34,38). The van der Waals surface area contributed by atoms with Gasteiger partial charge in [0, 0.05) is 41.5 Å². The molecule has 0 radical (unpaired) electrons. The van der Waals surface area contributed by atoms with Crippen LogP contribution in [0.25, 0.3) is 10.9 Å². The minimum Gasteiger partial charge on any atom is -0.507 e. The Balaban J connectivity index is 1.68. The number of amides is 1. The van der Waals surface area contributed by atoms with Crippen molar-refractivity contribution in [2.75, 3.05) is 5.32 Å². The molecule has 0 saturated carbocycles. The van der Waals surface area contributed by atoms with Gasteiger partial charge >= 0.3 is 0 Å². The molecular formula is C31H31BrN4O2S. The predicted molar refractivity (Wildman–Crippen MR) is 163 cm³/mol. The Morgan fingerprint density at radius 2 is 1.72 bits per heavy atom. The molecule has 0 aliphatic rings. The maximum atomic E-state index is 13.9. The number of aromatic hydroxyl groups is 1. The van der Waals surface area contributed by atoms with Crippen molar-refractivity contribution in [3.63, 3.8) is 0 Å². The van der Waals surface area contributed by atoms with Gasteiger partial charge in [-0.05, 0) is 72.4 Å². The van der Waals surface area contributed by atoms with E-state index in [1.807, 2.05) is 13.1 Å². The van der Waals surface area contributed by atoms with Gasteiger partial charge in [-0.3, -0.25) is 9.48 Å². The highest BCUT2D eigenvalue weighted by atomic mass is 79.9. The highest BCUT2D eigenvalue weighted by Crippen LogP contribution is 2.39. The topological polar surface area (TPSA) is 72.1 Å². The number of aryl methyl sites for hydroxylation is 5. The molecule has 0 spiro atoms. The number of halogens is 1. The Morgan fingerprint density at radius 3 is 2.36 bits per heavy atom. The molecule has 2 N–H and O–H groups in total. The van der Waals surface area contributed by atoms with Gasteiger partial charge < -0.3 is 15.0 Å². The number of fused-ring (bicyclic) bond motifs is 1. The van der Waals surface area contributed by atoms with Crippen LogP contribution < -0.4 is 5.32 Å². The average Bonchev–Trinajstić information content (AvgIpc) is 3.40. The summed E-state index contributed by atoms with van der Waals surface area (Å²) in [7, 11) is 1.81. The van der Waals surface area contributed by atoms with Gasteiger partial charge in [-0.1, -0.05) is 47.5 Å². The number of anilines is 1. The van der Waals surface area contributed by atoms with Crippen molar-refractivity contribution < 1.29 is 9.90 Å². The van der Waals surface area contributed by atoms with Crippen LogP contribution in [0.4, 0.5) is 5.69 Å². The molecule has 5 rings (SSSR count). The largest absolute Gasteiger partial charge is 0.507 e. The highest BCUT2D eigenvalue weighted by Gasteiger charge is 2.25. The van der Waals surface area contributed by atoms with Crippen molar-refractivity contribution in [1.82, 2.24) is 14.3 Å². The second kappa shape index (κ2) is 10.9. The quantitative estimate of drug-likeness (QED) is 0.187. The summed E-state index contributed by atoms with van der Waals surface area (Å²) < 4.78 is 4.44. The minimum absolute atomic E-state index is 0.0924. The normalized spacial score (nSPS) is 11.3. The van der Waals surface area contributed by atoms with Crippen molar-refractivity contribution in [3.8, 4) is 5.75 Å². The van der Waals surface area contributed by atoms with Crippen LogP contribution >= 0.6 is 27.7 Å². The van der Waals surface area contributed by atoms with E-state index in [0.29, 0.717) is 33.4 Å². The first kappa shape index (κ1) is 27.1. The average molecular weight is 604 g/mol. The molecule has 2 aromatic heterocycles. The lowest BCUT2D eigenvalue weighted by Gasteiger charge is -2.15. The third-order valence-electron chi connectivity index (χ3n) is 6.85. The number of carbonyl (C=O) groups excluding carboxylic acids is 1. The Labute approximate surface area is 241 Å². The molecule has 0 aliphatic heterocycles. The van der Waals surface area contributed by atoms with E-state index in [2.05, 4.69) is 95.0 Å². The second-order valence-corrected chi connectivity index (χ2v) is 11.9. The number of phenolic OH excluding ortho intramolecular Hbond substituents is 1. The SMILES string of the molecule is Cc1ccc(Cn2c(CSc3c(C)cc(C)cc3C)c(C(=O)Nc3cnn(C)c3)c3cc(O)c(Br)cc32)cc1. The van der Waals surface area contributed by atoms with E-state index in [1.165, 1.54) is 27.1 Å². The fourth-order valence-electron chi connectivity index (χ4n) is 5.09. The molecule has 0 bridgehead atoms. The van der Waals surface area contributed by atoms with Crippen LogP contribution in [0.15, 0.2) is 70.3 Å². The van der Waals surface area contributed by atoms with Gasteiger partial charge in [-0.25, -0.2) is 0 Å². The van der Waals surface area contributed by atoms with Crippen LogP contribution in [0.2, 0.25) is 0 Å². The summed E-state index contributed by atoms with van der Waals surface area (Å²) in [4.78, 5) is 15.1. The van der Waals surface area contributed by atoms with E-state index in [4.69, 9.17) is 0 Å². The Morgan fingerprint density at radius 1 is 1.03 bits per heavy atom. The summed E-state index contributed by atoms with van der Waals surface area (Å²) in [6, 6.07) is 16.4. The molecule has 3 aromatic carbocycles. The maximum absolute atomic E-state index is 13.9. The summed E-state index contributed by atoms with van der Waals surface area (Å²) in [6.45, 7) is 9.05. The first-order valence-corrected chi connectivity index (χ1v) is 14.5. The van der Waals surface area contributed by atoms with E-state index >= 15 is 0 Å². The van der Waals surface area contributed by atoms with Gasteiger partial charge in [-0.2, -0.15) is 5.10 Å². The number of nitrogens with zero attached hydrogens (tertiary/aromatic N) is 3. The lowest BCUT2D eigenvalue weighted by molar-refractivity contribution is 0.102. The predicted octanol–water partition coefficient (Wildman–Crippen LogP) is 7.67. The summed E-state index contributed by atoms with van der Waals surface area (Å²) in [5.74, 6) is 0.444. The molecule has 5 aromatic rings. The highest BCUT2D eigenvalue weighted by molar-refractivity contribution is 9.10. The monoisotopic (exact) mass is 602 g/mol. The number of aromatic nitrogens is 3. The first-order chi connectivity index (χ1) is 18.6. The molecule has 8 heteroatoms. The summed E-state index contributed by atoms with van der Waals surface area (Å²) in [5.41, 5.74) is 8.96. The first-order valence-electron chi connectivity index (χ1n) is 12.7. The third kappa shape index (κ3) is 5.63. The number of rotatable bonds is 7. The van der Waals surface area contributed by atoms with Crippen molar-refractivity contribution in [2.45, 2.75) is 44.9 Å². The van der Waals surface area contributed by atoms with E-state index in [9.17, 15) is 9.90 Å². The molecule has 39 heavy (non-hydrogen) atoms. The molecule has 200 valence electrons. The summed E-state index contributed by atoms with van der Waals surface area (Å²) >= 11 is 5.23. The van der Waals surface area contributed by atoms with Crippen LogP contribution in [-0.4, -0.2) is 25.4 Å². The smallest absolute Gasteiger partial charge is 0.258 e. The molecule has 6 nitrogen and oxygen atoms in total. The molecule has 1 amide bonds. The minimum atomic E-state index is -0.231. The van der Waals surface area contributed by atoms with Crippen LogP contribution in [0.3, 0.4) is 0 Å². The van der Waals surface area contributed by atoms with Crippen molar-refractivity contribution in [1.29, 1.82) is 0 Å². The van der Waals surface area contributed by atoms with Crippen molar-refractivity contribution in [3.05, 3.63) is 104 Å². The zero-order chi connectivity index (χ0) is 27.8. The van der Waals surface area contributed by atoms with Gasteiger partial charge in [0.1, 0.15) is 5.75 Å². The molecule has 0 atom stereocenters. The number of thioether (sulfide) groups is 1. The number of benzene rings is 3. The van der Waals surface area contributed by atoms with Gasteiger partial charge in [0.05, 0.1) is 27.4 Å². The molecule has 0 unspecified atom stereocenters. The Hall–Kier alpha value is -3.49. The van der Waals surface area contributed by atoms with Crippen LogP contribution in [0.5, 0.6) is 5.75 Å². The third-order valence-corrected chi connectivity index (χ3v) is 8.83. The van der Waals surface area contributed by atoms with E-state index in [-0.39, 0.29) is 11.7 Å². The second-order valence-electron chi connectivity index (χ2n) is 10.1. The van der Waals surface area contributed by atoms with Gasteiger partial charge in [0.25, 0.3) is 5.91 Å². The summed E-state index contributed by atoms with van der Waals surface area (Å²) in [6.07, 6.45) is 3.40. The molecule has 2 heterocycles. The molecular weight excluding hydrogens is 572 g/mol. The number of nitrogens with one attached hydrogen (secondary N) is 1. The van der Waals surface area contributed by atoms with E-state index in [1.54, 1.807) is 34.9 Å². The fraction of sp³-hybridized carbons (Fsp3) is 0.226. The van der Waals surface area contributed by atoms with Gasteiger partial charge in [-0.15, -0.1) is 11.8 Å². The Kier molecular flexibility index (Phi) is 7.60. The van der Waals surface area contributed by atoms with Crippen molar-refractivity contribution >= 4 is 50.2 Å². The van der Waals surface area contributed by atoms with Gasteiger partial charge in [0.2, 0.25) is 0 Å². The number of carbonyl (C=O) groups is 1. The maximum Gasteiger partial charge on any atom is 0.258 e. The van der Waals surface area contributed by atoms with Crippen molar-refractivity contribution in [2.24, 2.45) is 7.05 Å². The van der Waals surface area contributed by atoms with Gasteiger partial charge in [0.15, 0.2) is 0 Å². The van der Waals surface area contributed by atoms with Crippen LogP contribution in [0, 0.1) is 27.7 Å². The van der Waals surface area contributed by atoms with Crippen LogP contribution in [-0.2, 0) is 19.3 Å². The fourth-order valence-corrected chi connectivity index (χ4v) is 6.57. The molecule has 0 fully saturated rings. The van der Waals surface area contributed by atoms with Crippen LogP contribution in [0.1, 0.15) is 43.9 Å². The summed E-state index contributed by atoms with van der Waals surface area (Å²) in [5, 5.41) is 18.6. The molecule has 0 saturated heterocycles. The zero-order valence-corrected chi connectivity index (χ0v) is 25.1. The van der Waals surface area contributed by atoms with E-state index in [0.717, 1.165) is 16.8 Å². The van der Waals surface area contributed by atoms with E-state index < -0.39 is 0 Å². The lowest BCUT2D eigenvalue weighted by atomic mass is 10.1. The number of phenols is 1. The molecule has 0 aliphatic carbocycles.